The van der Waals surface area contributed by atoms with Crippen molar-refractivity contribution in [2.75, 3.05) is 13.1 Å². The number of hydrogen-bond donors (Lipinski definition) is 2. The summed E-state index contributed by atoms with van der Waals surface area (Å²) in [7, 11) is 0. The summed E-state index contributed by atoms with van der Waals surface area (Å²) in [5, 5.41) is 13.1. The Labute approximate surface area is 122 Å². The first-order valence-electron chi connectivity index (χ1n) is 8.22. The number of nitrogens with one attached hydrogen (secondary N) is 1. The van der Waals surface area contributed by atoms with Gasteiger partial charge in [0.15, 0.2) is 0 Å². The second-order valence-electron chi connectivity index (χ2n) is 6.95. The van der Waals surface area contributed by atoms with E-state index in [2.05, 4.69) is 31.0 Å². The summed E-state index contributed by atoms with van der Waals surface area (Å²) in [5.74, 6) is 0.0882. The molecular formula is C16H30N2O2. The number of carbonyl (C=O) groups is 1. The summed E-state index contributed by atoms with van der Waals surface area (Å²) in [6.07, 6.45) is 5.94. The molecule has 1 saturated heterocycles. The lowest BCUT2D eigenvalue weighted by Crippen LogP contribution is -2.58. The third-order valence-electron chi connectivity index (χ3n) is 5.15. The molecule has 2 aliphatic rings. The number of likely N-dealkylation sites (tertiary alicyclic amines) is 1. The van der Waals surface area contributed by atoms with Crippen molar-refractivity contribution in [3.05, 3.63) is 0 Å². The lowest BCUT2D eigenvalue weighted by atomic mass is 9.78. The highest BCUT2D eigenvalue weighted by Gasteiger charge is 2.45. The van der Waals surface area contributed by atoms with Crippen molar-refractivity contribution in [1.29, 1.82) is 0 Å². The van der Waals surface area contributed by atoms with Crippen molar-refractivity contribution in [2.24, 2.45) is 5.92 Å². The predicted octanol–water partition coefficient (Wildman–Crippen LogP) is 2.48. The molecule has 2 N–H and O–H groups in total. The van der Waals surface area contributed by atoms with Crippen molar-refractivity contribution >= 4 is 5.97 Å². The second-order valence-corrected chi connectivity index (χ2v) is 6.95. The molecule has 0 bridgehead atoms. The summed E-state index contributed by atoms with van der Waals surface area (Å²) in [6, 6.07) is 1.04. The number of hydrogen-bond acceptors (Lipinski definition) is 3. The van der Waals surface area contributed by atoms with Gasteiger partial charge in [-0.3, -0.25) is 9.69 Å². The number of carboxylic acids is 1. The topological polar surface area (TPSA) is 52.6 Å². The van der Waals surface area contributed by atoms with Crippen LogP contribution in [0.3, 0.4) is 0 Å². The first-order valence-corrected chi connectivity index (χ1v) is 8.22. The average Bonchev–Trinajstić information content (AvgIpc) is 2.75. The van der Waals surface area contributed by atoms with E-state index in [-0.39, 0.29) is 0 Å². The molecule has 4 atom stereocenters. The number of aliphatic carboxylic acids is 1. The summed E-state index contributed by atoms with van der Waals surface area (Å²) in [5.41, 5.74) is -0.690. The molecular weight excluding hydrogens is 252 g/mol. The number of nitrogens with zero attached hydrogens (tertiary/aromatic N) is 1. The van der Waals surface area contributed by atoms with Gasteiger partial charge in [0, 0.05) is 18.6 Å². The van der Waals surface area contributed by atoms with Crippen LogP contribution in [0.15, 0.2) is 0 Å². The van der Waals surface area contributed by atoms with Crippen molar-refractivity contribution in [2.45, 2.75) is 76.9 Å². The van der Waals surface area contributed by atoms with Crippen LogP contribution in [0.25, 0.3) is 0 Å². The maximum atomic E-state index is 11.8. The molecule has 1 saturated carbocycles. The van der Waals surface area contributed by atoms with Gasteiger partial charge < -0.3 is 10.4 Å². The van der Waals surface area contributed by atoms with Crippen molar-refractivity contribution in [3.8, 4) is 0 Å². The Kier molecular flexibility index (Phi) is 5.08. The van der Waals surface area contributed by atoms with E-state index in [1.807, 2.05) is 0 Å². The third-order valence-corrected chi connectivity index (χ3v) is 5.15. The van der Waals surface area contributed by atoms with Gasteiger partial charge in [0.1, 0.15) is 5.54 Å². The van der Waals surface area contributed by atoms with E-state index in [4.69, 9.17) is 0 Å². The zero-order valence-electron chi connectivity index (χ0n) is 13.2. The van der Waals surface area contributed by atoms with Gasteiger partial charge in [-0.2, -0.15) is 0 Å². The van der Waals surface area contributed by atoms with Crippen molar-refractivity contribution < 1.29 is 9.90 Å². The van der Waals surface area contributed by atoms with Gasteiger partial charge in [-0.25, -0.2) is 0 Å². The molecule has 4 unspecified atom stereocenters. The fraction of sp³-hybridized carbons (Fsp3) is 0.938. The van der Waals surface area contributed by atoms with Gasteiger partial charge in [-0.05, 0) is 57.9 Å². The van der Waals surface area contributed by atoms with E-state index in [0.29, 0.717) is 12.1 Å². The fourth-order valence-electron chi connectivity index (χ4n) is 4.16. The SMILES string of the molecule is CCCNC1(C(=O)O)CCCC(N2CC(C)CC2C)C1. The Morgan fingerprint density at radius 3 is 2.75 bits per heavy atom. The summed E-state index contributed by atoms with van der Waals surface area (Å²) in [6.45, 7) is 8.62. The van der Waals surface area contributed by atoms with Gasteiger partial charge in [-0.15, -0.1) is 0 Å². The van der Waals surface area contributed by atoms with E-state index < -0.39 is 11.5 Å². The van der Waals surface area contributed by atoms with E-state index in [1.165, 1.54) is 6.42 Å². The summed E-state index contributed by atoms with van der Waals surface area (Å²) >= 11 is 0. The van der Waals surface area contributed by atoms with Crippen LogP contribution in [0.4, 0.5) is 0 Å². The first kappa shape index (κ1) is 15.8. The molecule has 0 amide bonds. The van der Waals surface area contributed by atoms with Crippen molar-refractivity contribution in [1.82, 2.24) is 10.2 Å². The molecule has 0 spiro atoms. The molecule has 20 heavy (non-hydrogen) atoms. The van der Waals surface area contributed by atoms with Crippen LogP contribution in [0.2, 0.25) is 0 Å². The van der Waals surface area contributed by atoms with Gasteiger partial charge in [0.2, 0.25) is 0 Å². The first-order chi connectivity index (χ1) is 9.48. The van der Waals surface area contributed by atoms with Crippen LogP contribution in [-0.2, 0) is 4.79 Å². The third kappa shape index (κ3) is 3.17. The molecule has 4 nitrogen and oxygen atoms in total. The van der Waals surface area contributed by atoms with Gasteiger partial charge >= 0.3 is 5.97 Å². The normalized spacial score (nSPS) is 39.0. The summed E-state index contributed by atoms with van der Waals surface area (Å²) < 4.78 is 0. The highest BCUT2D eigenvalue weighted by atomic mass is 16.4. The molecule has 0 aromatic heterocycles. The lowest BCUT2D eigenvalue weighted by molar-refractivity contribution is -0.147. The van der Waals surface area contributed by atoms with Gasteiger partial charge in [0.05, 0.1) is 0 Å². The van der Waals surface area contributed by atoms with Crippen LogP contribution in [0.5, 0.6) is 0 Å². The zero-order valence-corrected chi connectivity index (χ0v) is 13.2. The highest BCUT2D eigenvalue weighted by Crippen LogP contribution is 2.36. The van der Waals surface area contributed by atoms with E-state index in [1.54, 1.807) is 0 Å². The second kappa shape index (κ2) is 6.44. The van der Waals surface area contributed by atoms with Crippen LogP contribution < -0.4 is 5.32 Å². The molecule has 0 aromatic rings. The Balaban J connectivity index is 2.07. The largest absolute Gasteiger partial charge is 0.480 e. The minimum atomic E-state index is -0.690. The highest BCUT2D eigenvalue weighted by molar-refractivity contribution is 5.79. The lowest BCUT2D eigenvalue weighted by Gasteiger charge is -2.43. The van der Waals surface area contributed by atoms with Crippen LogP contribution in [0, 0.1) is 5.92 Å². The van der Waals surface area contributed by atoms with Crippen LogP contribution in [-0.4, -0.2) is 46.7 Å². The van der Waals surface area contributed by atoms with Crippen LogP contribution in [0.1, 0.15) is 59.3 Å². The summed E-state index contributed by atoms with van der Waals surface area (Å²) in [4.78, 5) is 14.4. The minimum Gasteiger partial charge on any atom is -0.480 e. The van der Waals surface area contributed by atoms with Gasteiger partial charge in [-0.1, -0.05) is 13.8 Å². The standard InChI is InChI=1S/C16H30N2O2/c1-4-8-17-16(15(19)20)7-5-6-14(10-16)18-11-12(2)9-13(18)3/h12-14,17H,4-11H2,1-3H3,(H,19,20). The Morgan fingerprint density at radius 2 is 2.20 bits per heavy atom. The maximum absolute atomic E-state index is 11.8. The molecule has 2 rings (SSSR count). The van der Waals surface area contributed by atoms with Crippen molar-refractivity contribution in [3.63, 3.8) is 0 Å². The molecule has 0 radical (unpaired) electrons. The Hall–Kier alpha value is -0.610. The quantitative estimate of drug-likeness (QED) is 0.813. The zero-order chi connectivity index (χ0) is 14.8. The van der Waals surface area contributed by atoms with Crippen LogP contribution >= 0.6 is 0 Å². The van der Waals surface area contributed by atoms with E-state index in [9.17, 15) is 9.90 Å². The van der Waals surface area contributed by atoms with E-state index >= 15 is 0 Å². The monoisotopic (exact) mass is 282 g/mol. The minimum absolute atomic E-state index is 0.434. The molecule has 116 valence electrons. The maximum Gasteiger partial charge on any atom is 0.323 e. The molecule has 2 fully saturated rings. The molecule has 4 heteroatoms. The molecule has 1 heterocycles. The van der Waals surface area contributed by atoms with Gasteiger partial charge in [0.25, 0.3) is 0 Å². The Bertz CT molecular complexity index is 347. The molecule has 0 aromatic carbocycles. The molecule has 1 aliphatic heterocycles. The number of carboxylic acid groups (broad SMARTS) is 1. The Morgan fingerprint density at radius 1 is 1.45 bits per heavy atom. The average molecular weight is 282 g/mol. The fourth-order valence-corrected chi connectivity index (χ4v) is 4.16. The predicted molar refractivity (Wildman–Crippen MR) is 80.9 cm³/mol. The molecule has 1 aliphatic carbocycles. The smallest absolute Gasteiger partial charge is 0.323 e. The van der Waals surface area contributed by atoms with E-state index in [0.717, 1.165) is 51.1 Å². The number of rotatable bonds is 5.